The Bertz CT molecular complexity index is 2090. The Morgan fingerprint density at radius 2 is 1.79 bits per heavy atom. The Balaban J connectivity index is 0.762. The van der Waals surface area contributed by atoms with Crippen LogP contribution in [0.15, 0.2) is 24.5 Å². The average Bonchev–Trinajstić information content (AvgIpc) is 3.85. The molecule has 2 saturated heterocycles. The minimum Gasteiger partial charge on any atom is -0.474 e. The first-order chi connectivity index (χ1) is 27.6. The first-order valence-electron chi connectivity index (χ1n) is 19.7. The summed E-state index contributed by atoms with van der Waals surface area (Å²) in [7, 11) is 0. The standard InChI is InChI=1S/C39H46N8O9S/c40-34(51)27(48)18-21-4-10-28-31(21)33-36(42-20-43-37(33)57-28)56-23-7-5-22(6-8-23)45-13-15-46(16-14-45)30(50)19-55-17-12-41-25-3-1-2-24-32(25)39(54)47(38(24)53)26-9-11-29(49)44-35(26)52/h1-3,20-23,26-27,41,48H,4-19H2,(H2,40,51)(H,44,49,52)/t21-,22-,23-,26?,27+/m1/s1. The molecule has 8 rings (SSSR count). The predicted molar refractivity (Wildman–Crippen MR) is 206 cm³/mol. The molecule has 1 unspecified atom stereocenters. The van der Waals surface area contributed by atoms with E-state index in [0.29, 0.717) is 30.7 Å². The van der Waals surface area contributed by atoms with E-state index in [-0.39, 0.29) is 68.1 Å². The van der Waals surface area contributed by atoms with Gasteiger partial charge < -0.3 is 30.5 Å². The predicted octanol–water partition coefficient (Wildman–Crippen LogP) is 1.32. The highest BCUT2D eigenvalue weighted by Gasteiger charge is 2.45. The molecule has 302 valence electrons. The lowest BCUT2D eigenvalue weighted by Crippen LogP contribution is -2.54. The van der Waals surface area contributed by atoms with Crippen molar-refractivity contribution in [3.05, 3.63) is 46.1 Å². The third kappa shape index (κ3) is 7.82. The molecule has 5 aliphatic rings. The summed E-state index contributed by atoms with van der Waals surface area (Å²) in [6.45, 7) is 3.17. The highest BCUT2D eigenvalue weighted by Crippen LogP contribution is 2.48. The number of aryl methyl sites for hydroxylation is 1. The molecule has 3 aromatic rings. The molecule has 0 spiro atoms. The third-order valence-electron chi connectivity index (χ3n) is 11.9. The lowest BCUT2D eigenvalue weighted by molar-refractivity contribution is -0.138. The van der Waals surface area contributed by atoms with Crippen LogP contribution in [0, 0.1) is 0 Å². The number of hydrogen-bond donors (Lipinski definition) is 4. The molecule has 1 saturated carbocycles. The van der Waals surface area contributed by atoms with Crippen molar-refractivity contribution in [2.45, 2.75) is 88.0 Å². The van der Waals surface area contributed by atoms with E-state index in [0.717, 1.165) is 72.3 Å². The van der Waals surface area contributed by atoms with E-state index in [4.69, 9.17) is 15.2 Å². The molecule has 57 heavy (non-hydrogen) atoms. The van der Waals surface area contributed by atoms with Gasteiger partial charge in [0.15, 0.2) is 0 Å². The molecular weight excluding hydrogens is 757 g/mol. The van der Waals surface area contributed by atoms with Crippen molar-refractivity contribution in [1.82, 2.24) is 30.0 Å². The van der Waals surface area contributed by atoms with Crippen LogP contribution in [0.4, 0.5) is 5.69 Å². The van der Waals surface area contributed by atoms with Crippen LogP contribution in [0.1, 0.15) is 88.4 Å². The summed E-state index contributed by atoms with van der Waals surface area (Å²) < 4.78 is 12.2. The molecule has 0 radical (unpaired) electrons. The summed E-state index contributed by atoms with van der Waals surface area (Å²) in [5, 5.41) is 16.4. The maximum Gasteiger partial charge on any atom is 0.264 e. The molecule has 6 amide bonds. The maximum atomic E-state index is 13.3. The van der Waals surface area contributed by atoms with Crippen molar-refractivity contribution < 1.29 is 43.3 Å². The van der Waals surface area contributed by atoms with E-state index in [1.807, 2.05) is 4.90 Å². The molecule has 3 atom stereocenters. The van der Waals surface area contributed by atoms with Gasteiger partial charge in [-0.1, -0.05) is 6.07 Å². The molecule has 0 bridgehead atoms. The van der Waals surface area contributed by atoms with Gasteiger partial charge in [0, 0.05) is 55.8 Å². The van der Waals surface area contributed by atoms with E-state index >= 15 is 0 Å². The Hall–Kier alpha value is -5.04. The Kier molecular flexibility index (Phi) is 11.2. The van der Waals surface area contributed by atoms with E-state index in [9.17, 15) is 33.9 Å². The number of carbonyl (C=O) groups is 6. The summed E-state index contributed by atoms with van der Waals surface area (Å²) in [4.78, 5) is 91.3. The number of nitrogens with zero attached hydrogens (tertiary/aromatic N) is 5. The number of nitrogens with two attached hydrogens (primary N) is 1. The van der Waals surface area contributed by atoms with Gasteiger partial charge in [-0.05, 0) is 75.0 Å². The molecule has 18 heteroatoms. The zero-order valence-electron chi connectivity index (χ0n) is 31.4. The van der Waals surface area contributed by atoms with Crippen LogP contribution in [-0.2, 0) is 30.3 Å². The molecule has 1 aromatic carbocycles. The molecular formula is C39H46N8O9S. The number of benzene rings is 1. The van der Waals surface area contributed by atoms with Gasteiger partial charge in [-0.3, -0.25) is 43.9 Å². The number of imide groups is 2. The number of thiophene rings is 1. The summed E-state index contributed by atoms with van der Waals surface area (Å²) in [5.74, 6) is -2.49. The Morgan fingerprint density at radius 1 is 1.00 bits per heavy atom. The second-order valence-electron chi connectivity index (χ2n) is 15.3. The SMILES string of the molecule is NC(=O)[C@@H](O)C[C@H]1CCc2sc3ncnc(O[C@H]4CC[C@H](N5CCN(C(=O)COCCNc6cccc7c6C(=O)N(C6CCC(=O)NC6=O)C7=O)CC5)CC4)c3c21. The largest absolute Gasteiger partial charge is 0.474 e. The summed E-state index contributed by atoms with van der Waals surface area (Å²) in [5.41, 5.74) is 7.22. The number of aliphatic hydroxyl groups is 1. The first-order valence-corrected chi connectivity index (χ1v) is 20.5. The number of amides is 6. The number of anilines is 1. The van der Waals surface area contributed by atoms with Crippen LogP contribution >= 0.6 is 11.3 Å². The van der Waals surface area contributed by atoms with Crippen molar-refractivity contribution in [3.63, 3.8) is 0 Å². The number of piperidine rings is 1. The van der Waals surface area contributed by atoms with Crippen molar-refractivity contribution in [3.8, 4) is 5.88 Å². The summed E-state index contributed by atoms with van der Waals surface area (Å²) >= 11 is 1.62. The van der Waals surface area contributed by atoms with Gasteiger partial charge in [-0.15, -0.1) is 11.3 Å². The van der Waals surface area contributed by atoms with Gasteiger partial charge >= 0.3 is 0 Å². The van der Waals surface area contributed by atoms with Gasteiger partial charge in [-0.25, -0.2) is 9.97 Å². The number of primary amides is 1. The van der Waals surface area contributed by atoms with E-state index in [1.54, 1.807) is 23.5 Å². The minimum absolute atomic E-state index is 0.000304. The zero-order chi connectivity index (χ0) is 39.8. The number of aromatic nitrogens is 2. The van der Waals surface area contributed by atoms with E-state index < -0.39 is 41.7 Å². The fourth-order valence-electron chi connectivity index (χ4n) is 8.94. The van der Waals surface area contributed by atoms with Gasteiger partial charge in [-0.2, -0.15) is 0 Å². The molecule has 2 aliphatic carbocycles. The second kappa shape index (κ2) is 16.4. The lowest BCUT2D eigenvalue weighted by Gasteiger charge is -2.41. The van der Waals surface area contributed by atoms with Crippen molar-refractivity contribution in [2.75, 3.05) is 51.3 Å². The second-order valence-corrected chi connectivity index (χ2v) is 16.4. The van der Waals surface area contributed by atoms with Crippen LogP contribution in [0.5, 0.6) is 5.88 Å². The van der Waals surface area contributed by atoms with Gasteiger partial charge in [0.2, 0.25) is 29.5 Å². The molecule has 3 aliphatic heterocycles. The highest BCUT2D eigenvalue weighted by atomic mass is 32.1. The lowest BCUT2D eigenvalue weighted by atomic mass is 9.91. The van der Waals surface area contributed by atoms with Crippen LogP contribution in [-0.4, -0.2) is 135 Å². The van der Waals surface area contributed by atoms with Crippen LogP contribution in [0.3, 0.4) is 0 Å². The molecule has 3 fully saturated rings. The quantitative estimate of drug-likeness (QED) is 0.142. The number of fused-ring (bicyclic) bond motifs is 4. The van der Waals surface area contributed by atoms with E-state index in [2.05, 4.69) is 25.5 Å². The monoisotopic (exact) mass is 802 g/mol. The zero-order valence-corrected chi connectivity index (χ0v) is 32.3. The highest BCUT2D eigenvalue weighted by molar-refractivity contribution is 7.19. The maximum absolute atomic E-state index is 13.3. The molecule has 5 heterocycles. The number of aliphatic hydroxyl groups excluding tert-OH is 1. The Morgan fingerprint density at radius 3 is 2.54 bits per heavy atom. The van der Waals surface area contributed by atoms with Crippen LogP contribution in [0.25, 0.3) is 10.2 Å². The van der Waals surface area contributed by atoms with Gasteiger partial charge in [0.25, 0.3) is 11.8 Å². The average molecular weight is 803 g/mol. The normalized spacial score (nSPS) is 24.4. The fourth-order valence-corrected chi connectivity index (χ4v) is 10.2. The molecule has 2 aromatic heterocycles. The number of piperazine rings is 1. The third-order valence-corrected chi connectivity index (χ3v) is 13.1. The van der Waals surface area contributed by atoms with E-state index in [1.165, 1.54) is 17.3 Å². The molecule has 17 nitrogen and oxygen atoms in total. The van der Waals surface area contributed by atoms with Crippen molar-refractivity contribution in [1.29, 1.82) is 0 Å². The number of ether oxygens (including phenoxy) is 2. The smallest absolute Gasteiger partial charge is 0.264 e. The first kappa shape index (κ1) is 38.8. The summed E-state index contributed by atoms with van der Waals surface area (Å²) in [6, 6.07) is 4.22. The topological polar surface area (TPSA) is 227 Å². The number of hydrogen-bond acceptors (Lipinski definition) is 14. The number of rotatable bonds is 13. The van der Waals surface area contributed by atoms with Crippen LogP contribution < -0.4 is 21.1 Å². The fraction of sp³-hybridized carbons (Fsp3) is 0.538. The Labute approximate surface area is 332 Å². The van der Waals surface area contributed by atoms with Crippen molar-refractivity contribution >= 4 is 62.7 Å². The van der Waals surface area contributed by atoms with Gasteiger partial charge in [0.05, 0.1) is 23.1 Å². The van der Waals surface area contributed by atoms with Crippen LogP contribution in [0.2, 0.25) is 0 Å². The molecule has 5 N–H and O–H groups in total. The summed E-state index contributed by atoms with van der Waals surface area (Å²) in [6.07, 6.45) is 6.15. The van der Waals surface area contributed by atoms with Crippen molar-refractivity contribution in [2.24, 2.45) is 5.73 Å². The number of carbonyl (C=O) groups excluding carboxylic acids is 6. The number of nitrogens with one attached hydrogen (secondary N) is 2. The van der Waals surface area contributed by atoms with Gasteiger partial charge in [0.1, 0.15) is 36.0 Å². The minimum atomic E-state index is -1.20.